The van der Waals surface area contributed by atoms with E-state index in [1.54, 1.807) is 0 Å². The summed E-state index contributed by atoms with van der Waals surface area (Å²) in [6.45, 7) is 4.42. The molecule has 2 rings (SSSR count). The molecule has 1 unspecified atom stereocenters. The van der Waals surface area contributed by atoms with Gasteiger partial charge < -0.3 is 0 Å². The van der Waals surface area contributed by atoms with Crippen molar-refractivity contribution < 1.29 is 4.57 Å². The zero-order valence-electron chi connectivity index (χ0n) is 6.91. The van der Waals surface area contributed by atoms with Gasteiger partial charge in [0, 0.05) is 17.7 Å². The van der Waals surface area contributed by atoms with Gasteiger partial charge in [-0.2, -0.15) is 4.57 Å². The predicted molar refractivity (Wildman–Crippen MR) is 45.0 cm³/mol. The Morgan fingerprint density at radius 1 is 1.36 bits per heavy atom. The van der Waals surface area contributed by atoms with E-state index in [4.69, 9.17) is 0 Å². The SMILES string of the molecule is CC1=C[n+]2ccccc2C1C. The third-order valence-corrected chi connectivity index (χ3v) is 2.39. The molecule has 0 radical (unpaired) electrons. The summed E-state index contributed by atoms with van der Waals surface area (Å²) in [5, 5.41) is 0. The number of aromatic nitrogens is 1. The summed E-state index contributed by atoms with van der Waals surface area (Å²) in [4.78, 5) is 0. The second-order valence-corrected chi connectivity index (χ2v) is 3.13. The summed E-state index contributed by atoms with van der Waals surface area (Å²) in [6, 6.07) is 6.33. The molecule has 1 aliphatic heterocycles. The van der Waals surface area contributed by atoms with Gasteiger partial charge in [0.15, 0.2) is 18.1 Å². The van der Waals surface area contributed by atoms with Crippen molar-refractivity contribution in [3.05, 3.63) is 35.7 Å². The monoisotopic (exact) mass is 146 g/mol. The molecule has 1 atom stereocenters. The third-order valence-electron chi connectivity index (χ3n) is 2.39. The van der Waals surface area contributed by atoms with Crippen molar-refractivity contribution in [2.75, 3.05) is 0 Å². The molecule has 0 saturated heterocycles. The molecule has 0 amide bonds. The lowest BCUT2D eigenvalue weighted by Gasteiger charge is -1.97. The fourth-order valence-corrected chi connectivity index (χ4v) is 1.52. The molecule has 0 fully saturated rings. The van der Waals surface area contributed by atoms with Crippen LogP contribution in [0.1, 0.15) is 25.5 Å². The molecular formula is C10H12N+. The minimum Gasteiger partial charge on any atom is -0.170 e. The highest BCUT2D eigenvalue weighted by molar-refractivity contribution is 5.33. The molecule has 2 heterocycles. The zero-order chi connectivity index (χ0) is 7.84. The van der Waals surface area contributed by atoms with Gasteiger partial charge in [0.25, 0.3) is 0 Å². The van der Waals surface area contributed by atoms with Crippen LogP contribution in [0.3, 0.4) is 0 Å². The summed E-state index contributed by atoms with van der Waals surface area (Å²) >= 11 is 0. The fourth-order valence-electron chi connectivity index (χ4n) is 1.52. The first-order chi connectivity index (χ1) is 5.29. The Hall–Kier alpha value is -1.11. The van der Waals surface area contributed by atoms with Crippen molar-refractivity contribution >= 4 is 6.20 Å². The normalized spacial score (nSPS) is 21.3. The van der Waals surface area contributed by atoms with Gasteiger partial charge in [-0.15, -0.1) is 0 Å². The molecule has 0 aromatic carbocycles. The van der Waals surface area contributed by atoms with Crippen LogP contribution in [0.2, 0.25) is 0 Å². The van der Waals surface area contributed by atoms with E-state index in [2.05, 4.69) is 49.0 Å². The fraction of sp³-hybridized carbons (Fsp3) is 0.300. The highest BCUT2D eigenvalue weighted by Gasteiger charge is 2.24. The van der Waals surface area contributed by atoms with Crippen molar-refractivity contribution in [2.24, 2.45) is 0 Å². The first kappa shape index (κ1) is 6.59. The van der Waals surface area contributed by atoms with Crippen LogP contribution < -0.4 is 4.57 Å². The average Bonchev–Trinajstić information content (AvgIpc) is 2.30. The van der Waals surface area contributed by atoms with E-state index in [9.17, 15) is 0 Å². The number of rotatable bonds is 0. The van der Waals surface area contributed by atoms with Crippen molar-refractivity contribution in [2.45, 2.75) is 19.8 Å². The van der Waals surface area contributed by atoms with E-state index in [0.29, 0.717) is 5.92 Å². The quantitative estimate of drug-likeness (QED) is 0.492. The van der Waals surface area contributed by atoms with Crippen LogP contribution >= 0.6 is 0 Å². The van der Waals surface area contributed by atoms with Crippen LogP contribution in [0.4, 0.5) is 0 Å². The summed E-state index contributed by atoms with van der Waals surface area (Å²) in [6.07, 6.45) is 4.29. The highest BCUT2D eigenvalue weighted by Crippen LogP contribution is 2.24. The minimum absolute atomic E-state index is 0.594. The van der Waals surface area contributed by atoms with Gasteiger partial charge in [0.2, 0.25) is 0 Å². The first-order valence-electron chi connectivity index (χ1n) is 3.97. The van der Waals surface area contributed by atoms with Gasteiger partial charge in [0.1, 0.15) is 0 Å². The van der Waals surface area contributed by atoms with Crippen molar-refractivity contribution in [3.63, 3.8) is 0 Å². The Labute approximate surface area is 67.0 Å². The van der Waals surface area contributed by atoms with Crippen molar-refractivity contribution in [1.82, 2.24) is 0 Å². The summed E-state index contributed by atoms with van der Waals surface area (Å²) in [7, 11) is 0. The zero-order valence-corrected chi connectivity index (χ0v) is 6.91. The average molecular weight is 146 g/mol. The highest BCUT2D eigenvalue weighted by atomic mass is 15.0. The maximum atomic E-state index is 2.24. The van der Waals surface area contributed by atoms with E-state index >= 15 is 0 Å². The molecular weight excluding hydrogens is 134 g/mol. The molecule has 0 bridgehead atoms. The number of allylic oxidation sites excluding steroid dienone is 1. The van der Waals surface area contributed by atoms with Crippen LogP contribution in [0.25, 0.3) is 6.20 Å². The largest absolute Gasteiger partial charge is 0.194 e. The molecule has 11 heavy (non-hydrogen) atoms. The Balaban J connectivity index is 2.58. The van der Waals surface area contributed by atoms with Crippen LogP contribution in [0.15, 0.2) is 30.0 Å². The first-order valence-corrected chi connectivity index (χ1v) is 3.97. The van der Waals surface area contributed by atoms with Crippen molar-refractivity contribution in [3.8, 4) is 0 Å². The Morgan fingerprint density at radius 3 is 2.91 bits per heavy atom. The van der Waals surface area contributed by atoms with Gasteiger partial charge >= 0.3 is 0 Å². The molecule has 1 aromatic rings. The standard InChI is InChI=1S/C10H12N/c1-8-7-11-6-4-3-5-10(11)9(8)2/h3-7,9H,1-2H3/q+1. The van der Waals surface area contributed by atoms with Gasteiger partial charge in [-0.05, 0) is 13.8 Å². The number of pyridine rings is 1. The van der Waals surface area contributed by atoms with Gasteiger partial charge in [-0.1, -0.05) is 6.07 Å². The van der Waals surface area contributed by atoms with Gasteiger partial charge in [-0.3, -0.25) is 0 Å². The lowest BCUT2D eigenvalue weighted by molar-refractivity contribution is -0.572. The summed E-state index contributed by atoms with van der Waals surface area (Å²) < 4.78 is 2.19. The topological polar surface area (TPSA) is 3.88 Å². The van der Waals surface area contributed by atoms with Crippen LogP contribution in [0, 0.1) is 0 Å². The van der Waals surface area contributed by atoms with Crippen LogP contribution in [-0.4, -0.2) is 0 Å². The van der Waals surface area contributed by atoms with Gasteiger partial charge in [0.05, 0.1) is 5.92 Å². The van der Waals surface area contributed by atoms with E-state index < -0.39 is 0 Å². The summed E-state index contributed by atoms with van der Waals surface area (Å²) in [5.41, 5.74) is 2.83. The van der Waals surface area contributed by atoms with E-state index in [-0.39, 0.29) is 0 Å². The maximum Gasteiger partial charge on any atom is 0.194 e. The minimum atomic E-state index is 0.594. The second kappa shape index (κ2) is 2.19. The Morgan fingerprint density at radius 2 is 2.18 bits per heavy atom. The lowest BCUT2D eigenvalue weighted by atomic mass is 10.0. The van der Waals surface area contributed by atoms with Crippen LogP contribution in [0.5, 0.6) is 0 Å². The Kier molecular flexibility index (Phi) is 1.31. The van der Waals surface area contributed by atoms with E-state index in [0.717, 1.165) is 0 Å². The molecule has 0 N–H and O–H groups in total. The number of nitrogens with zero attached hydrogens (tertiary/aromatic N) is 1. The molecule has 1 heteroatoms. The third kappa shape index (κ3) is 0.881. The Bertz CT molecular complexity index is 312. The van der Waals surface area contributed by atoms with E-state index in [1.165, 1.54) is 11.3 Å². The molecule has 1 aromatic heterocycles. The van der Waals surface area contributed by atoms with Gasteiger partial charge in [-0.25, -0.2) is 0 Å². The molecule has 0 spiro atoms. The van der Waals surface area contributed by atoms with E-state index in [1.807, 2.05) is 0 Å². The lowest BCUT2D eigenvalue weighted by Crippen LogP contribution is -2.27. The van der Waals surface area contributed by atoms with Crippen LogP contribution in [-0.2, 0) is 0 Å². The summed E-state index contributed by atoms with van der Waals surface area (Å²) in [5.74, 6) is 0.594. The molecule has 56 valence electrons. The second-order valence-electron chi connectivity index (χ2n) is 3.13. The number of hydrogen-bond donors (Lipinski definition) is 0. The maximum absolute atomic E-state index is 2.24. The molecule has 1 aliphatic rings. The number of fused-ring (bicyclic) bond motifs is 1. The number of hydrogen-bond acceptors (Lipinski definition) is 0. The smallest absolute Gasteiger partial charge is 0.170 e. The predicted octanol–water partition coefficient (Wildman–Crippen LogP) is 1.95. The molecule has 1 nitrogen and oxygen atoms in total. The molecule has 0 aliphatic carbocycles. The molecule has 0 saturated carbocycles. The van der Waals surface area contributed by atoms with Crippen molar-refractivity contribution in [1.29, 1.82) is 0 Å².